The lowest BCUT2D eigenvalue weighted by Gasteiger charge is -2.38. The first-order valence-electron chi connectivity index (χ1n) is 21.6. The Morgan fingerprint density at radius 2 is 1.65 bits per heavy atom. The lowest BCUT2D eigenvalue weighted by molar-refractivity contribution is -0.149. The highest BCUT2D eigenvalue weighted by atomic mass is 32.1. The minimum atomic E-state index is -1.07. The number of hydrogen-bond donors (Lipinski definition) is 3. The highest BCUT2D eigenvalue weighted by molar-refractivity contribution is 7.09. The number of thiazole rings is 1. The van der Waals surface area contributed by atoms with Crippen LogP contribution in [0.5, 0.6) is 0 Å². The van der Waals surface area contributed by atoms with E-state index in [0.717, 1.165) is 42.7 Å². The first-order chi connectivity index (χ1) is 29.4. The van der Waals surface area contributed by atoms with Crippen LogP contribution in [0, 0.1) is 17.8 Å². The number of carbonyl (C=O) groups excluding carboxylic acids is 7. The standard InChI is InChI=1S/C45H68N6O10S/c1-11-28(4)39(49-42(56)35-19-15-16-22-50(35)7)44(57)51(8)36(27(2)3)25-37(61-30(6)52)43-48-34(26-62-43)41(55)46-32(24-31-17-13-12-14-18-31)23-29(5)40(54)47-33(45(58)60-10)20-21-38(53)59-9/h12-14,17-18,26-29,32-33,35-37,39H,11,15-16,19-25H2,1-10H3,(H,46,55)(H,47,54)(H,49,56)/t28?,29-,32?,33-,35+,36+,37+,39-/m0/s1. The third-order valence-corrected chi connectivity index (χ3v) is 12.6. The summed E-state index contributed by atoms with van der Waals surface area (Å²) in [6, 6.07) is 6.35. The second-order valence-corrected chi connectivity index (χ2v) is 17.6. The number of hydrogen-bond acceptors (Lipinski definition) is 13. The van der Waals surface area contributed by atoms with E-state index in [1.165, 1.54) is 21.1 Å². The quantitative estimate of drug-likeness (QED) is 0.104. The molecule has 62 heavy (non-hydrogen) atoms. The third-order valence-electron chi connectivity index (χ3n) is 11.7. The van der Waals surface area contributed by atoms with Gasteiger partial charge in [-0.1, -0.05) is 77.8 Å². The fourth-order valence-electron chi connectivity index (χ4n) is 7.71. The number of benzene rings is 1. The Kier molecular flexibility index (Phi) is 21.0. The van der Waals surface area contributed by atoms with Crippen molar-refractivity contribution in [1.82, 2.24) is 30.7 Å². The van der Waals surface area contributed by atoms with E-state index >= 15 is 0 Å². The average molecular weight is 885 g/mol. The molecule has 0 aliphatic carbocycles. The van der Waals surface area contributed by atoms with Crippen molar-refractivity contribution in [2.45, 2.75) is 136 Å². The van der Waals surface area contributed by atoms with Crippen LogP contribution >= 0.6 is 11.3 Å². The number of rotatable bonds is 23. The Hall–Kier alpha value is -4.90. The van der Waals surface area contributed by atoms with Crippen LogP contribution in [-0.2, 0) is 49.4 Å². The second-order valence-electron chi connectivity index (χ2n) is 16.7. The number of carbonyl (C=O) groups is 7. The maximum Gasteiger partial charge on any atom is 0.328 e. The largest absolute Gasteiger partial charge is 0.469 e. The summed E-state index contributed by atoms with van der Waals surface area (Å²) in [6.07, 6.45) is 3.14. The van der Waals surface area contributed by atoms with Gasteiger partial charge in [-0.05, 0) is 63.1 Å². The van der Waals surface area contributed by atoms with E-state index in [2.05, 4.69) is 25.7 Å². The van der Waals surface area contributed by atoms with Crippen LogP contribution in [0.25, 0.3) is 0 Å². The molecule has 1 aromatic heterocycles. The molecule has 8 atom stereocenters. The first-order valence-corrected chi connectivity index (χ1v) is 22.5. The molecule has 2 unspecified atom stereocenters. The van der Waals surface area contributed by atoms with Gasteiger partial charge in [-0.3, -0.25) is 33.7 Å². The Morgan fingerprint density at radius 3 is 2.24 bits per heavy atom. The molecule has 0 bridgehead atoms. The fourth-order valence-corrected chi connectivity index (χ4v) is 8.55. The van der Waals surface area contributed by atoms with Gasteiger partial charge in [0.05, 0.1) is 20.3 Å². The maximum atomic E-state index is 14.3. The zero-order valence-corrected chi connectivity index (χ0v) is 38.9. The van der Waals surface area contributed by atoms with E-state index < -0.39 is 65.9 Å². The molecule has 3 N–H and O–H groups in total. The Morgan fingerprint density at radius 1 is 0.952 bits per heavy atom. The first kappa shape index (κ1) is 51.5. The smallest absolute Gasteiger partial charge is 0.328 e. The molecule has 1 fully saturated rings. The Balaban J connectivity index is 1.82. The highest BCUT2D eigenvalue weighted by Crippen LogP contribution is 2.31. The zero-order chi connectivity index (χ0) is 46.1. The van der Waals surface area contributed by atoms with E-state index in [1.54, 1.807) is 24.3 Å². The van der Waals surface area contributed by atoms with Crippen LogP contribution in [-0.4, -0.2) is 121 Å². The predicted octanol–water partition coefficient (Wildman–Crippen LogP) is 4.61. The highest BCUT2D eigenvalue weighted by Gasteiger charge is 2.37. The topological polar surface area (TPSA) is 203 Å². The molecule has 3 rings (SSSR count). The molecule has 1 aliphatic rings. The summed E-state index contributed by atoms with van der Waals surface area (Å²) in [5.74, 6) is -4.05. The molecule has 2 aromatic rings. The number of likely N-dealkylation sites (tertiary alicyclic amines) is 1. The van der Waals surface area contributed by atoms with E-state index in [4.69, 9.17) is 9.47 Å². The number of methoxy groups -OCH3 is 2. The molecular formula is C45H68N6O10S. The Labute approximate surface area is 370 Å². The lowest BCUT2D eigenvalue weighted by atomic mass is 9.92. The summed E-state index contributed by atoms with van der Waals surface area (Å²) in [6.45, 7) is 11.7. The number of amides is 4. The van der Waals surface area contributed by atoms with Gasteiger partial charge in [0, 0.05) is 50.2 Å². The molecule has 0 radical (unpaired) electrons. The van der Waals surface area contributed by atoms with E-state index in [-0.39, 0.29) is 61.1 Å². The summed E-state index contributed by atoms with van der Waals surface area (Å²) in [7, 11) is 6.07. The van der Waals surface area contributed by atoms with Gasteiger partial charge < -0.3 is 35.1 Å². The van der Waals surface area contributed by atoms with Crippen LogP contribution in [0.15, 0.2) is 35.7 Å². The van der Waals surface area contributed by atoms with Gasteiger partial charge in [0.2, 0.25) is 17.7 Å². The molecule has 16 nitrogen and oxygen atoms in total. The third kappa shape index (κ3) is 15.5. The number of nitrogens with one attached hydrogen (secondary N) is 3. The van der Waals surface area contributed by atoms with Gasteiger partial charge in [0.25, 0.3) is 5.91 Å². The van der Waals surface area contributed by atoms with Gasteiger partial charge in [-0.25, -0.2) is 9.78 Å². The summed E-state index contributed by atoms with van der Waals surface area (Å²) in [5.41, 5.74) is 1.00. The molecule has 1 aromatic carbocycles. The van der Waals surface area contributed by atoms with Crippen molar-refractivity contribution in [3.05, 3.63) is 52.0 Å². The fraction of sp³-hybridized carbons (Fsp3) is 0.644. The van der Waals surface area contributed by atoms with Crippen molar-refractivity contribution in [3.63, 3.8) is 0 Å². The predicted molar refractivity (Wildman–Crippen MR) is 235 cm³/mol. The zero-order valence-electron chi connectivity index (χ0n) is 38.1. The molecule has 4 amide bonds. The van der Waals surface area contributed by atoms with Crippen LogP contribution in [0.4, 0.5) is 0 Å². The van der Waals surface area contributed by atoms with Crippen LogP contribution in [0.1, 0.15) is 120 Å². The van der Waals surface area contributed by atoms with Crippen molar-refractivity contribution in [2.75, 3.05) is 34.9 Å². The van der Waals surface area contributed by atoms with Gasteiger partial charge in [0.15, 0.2) is 6.10 Å². The maximum absolute atomic E-state index is 14.3. The van der Waals surface area contributed by atoms with Crippen molar-refractivity contribution in [1.29, 1.82) is 0 Å². The van der Waals surface area contributed by atoms with E-state index in [0.29, 0.717) is 17.8 Å². The van der Waals surface area contributed by atoms with Gasteiger partial charge in [-0.15, -0.1) is 11.3 Å². The van der Waals surface area contributed by atoms with Gasteiger partial charge in [0.1, 0.15) is 22.8 Å². The van der Waals surface area contributed by atoms with E-state index in [1.807, 2.05) is 70.0 Å². The molecule has 17 heteroatoms. The van der Waals surface area contributed by atoms with Gasteiger partial charge in [-0.2, -0.15) is 0 Å². The van der Waals surface area contributed by atoms with Crippen LogP contribution < -0.4 is 16.0 Å². The summed E-state index contributed by atoms with van der Waals surface area (Å²) in [4.78, 5) is 100. The number of esters is 3. The number of ether oxygens (including phenoxy) is 3. The number of nitrogens with zero attached hydrogens (tertiary/aromatic N) is 3. The van der Waals surface area contributed by atoms with Crippen molar-refractivity contribution < 1.29 is 47.8 Å². The minimum absolute atomic E-state index is 0.0117. The molecule has 0 spiro atoms. The molecule has 1 saturated heterocycles. The molecule has 1 aliphatic heterocycles. The lowest BCUT2D eigenvalue weighted by Crippen LogP contribution is -2.58. The van der Waals surface area contributed by atoms with Crippen molar-refractivity contribution >= 4 is 52.9 Å². The van der Waals surface area contributed by atoms with Crippen molar-refractivity contribution in [3.8, 4) is 0 Å². The number of aromatic nitrogens is 1. The Bertz CT molecular complexity index is 1810. The normalized spacial score (nSPS) is 17.6. The second kappa shape index (κ2) is 25.3. The SMILES string of the molecule is CCC(C)[C@H](NC(=O)[C@H]1CCCCN1C)C(=O)N(C)[C@H](C[C@@H](OC(C)=O)c1nc(C(=O)NC(Cc2ccccc2)C[C@H](C)C(=O)N[C@@H](CCC(=O)OC)C(=O)OC)cs1)C(C)C. The molecule has 344 valence electrons. The number of likely N-dealkylation sites (N-methyl/N-ethyl adjacent to an activating group) is 2. The molecule has 0 saturated carbocycles. The van der Waals surface area contributed by atoms with Crippen LogP contribution in [0.2, 0.25) is 0 Å². The summed E-state index contributed by atoms with van der Waals surface area (Å²) in [5, 5.41) is 10.7. The molecule has 2 heterocycles. The van der Waals surface area contributed by atoms with Crippen LogP contribution in [0.3, 0.4) is 0 Å². The average Bonchev–Trinajstić information content (AvgIpc) is 3.75. The minimum Gasteiger partial charge on any atom is -0.469 e. The number of piperidine rings is 1. The monoisotopic (exact) mass is 884 g/mol. The molecular weight excluding hydrogens is 817 g/mol. The van der Waals surface area contributed by atoms with Gasteiger partial charge >= 0.3 is 17.9 Å². The summed E-state index contributed by atoms with van der Waals surface area (Å²) < 4.78 is 15.3. The summed E-state index contributed by atoms with van der Waals surface area (Å²) >= 11 is 1.16. The van der Waals surface area contributed by atoms with E-state index in [9.17, 15) is 33.6 Å². The van der Waals surface area contributed by atoms with Crippen molar-refractivity contribution in [2.24, 2.45) is 17.8 Å².